The van der Waals surface area contributed by atoms with Gasteiger partial charge in [-0.15, -0.1) is 0 Å². The van der Waals surface area contributed by atoms with Crippen LogP contribution in [0.5, 0.6) is 23.1 Å². The highest BCUT2D eigenvalue weighted by atomic mass is 32.2. The number of para-hydroxylation sites is 2. The lowest BCUT2D eigenvalue weighted by atomic mass is 10.2. The van der Waals surface area contributed by atoms with Crippen LogP contribution in [0.1, 0.15) is 12.5 Å². The van der Waals surface area contributed by atoms with E-state index < -0.39 is 10.0 Å². The third-order valence-electron chi connectivity index (χ3n) is 5.07. The summed E-state index contributed by atoms with van der Waals surface area (Å²) in [4.78, 5) is 28.4. The Morgan fingerprint density at radius 1 is 0.925 bits per heavy atom. The fourth-order valence-corrected chi connectivity index (χ4v) is 4.10. The number of hydrogen-bond acceptors (Lipinski definition) is 10. The molecule has 0 unspecified atom stereocenters. The number of amides is 1. The fourth-order valence-electron chi connectivity index (χ4n) is 3.29. The van der Waals surface area contributed by atoms with Gasteiger partial charge in [-0.05, 0) is 29.8 Å². The second kappa shape index (κ2) is 13.2. The molecule has 0 fully saturated rings. The molecule has 0 aliphatic rings. The average Bonchev–Trinajstić information content (AvgIpc) is 2.96. The fraction of sp³-hybridized carbons (Fsp3) is 0.148. The molecule has 2 heterocycles. The quantitative estimate of drug-likeness (QED) is 0.244. The van der Waals surface area contributed by atoms with Gasteiger partial charge in [0.25, 0.3) is 15.9 Å². The van der Waals surface area contributed by atoms with Crippen molar-refractivity contribution in [1.82, 2.24) is 25.3 Å². The van der Waals surface area contributed by atoms with Crippen molar-refractivity contribution in [3.63, 3.8) is 0 Å². The van der Waals surface area contributed by atoms with E-state index in [2.05, 4.69) is 30.0 Å². The zero-order chi connectivity index (χ0) is 28.4. The first-order valence-electron chi connectivity index (χ1n) is 12.0. The Hall–Kier alpha value is -5.04. The van der Waals surface area contributed by atoms with E-state index in [-0.39, 0.29) is 53.9 Å². The summed E-state index contributed by atoms with van der Waals surface area (Å²) in [5.41, 5.74) is 0.682. The van der Waals surface area contributed by atoms with Crippen LogP contribution in [-0.2, 0) is 14.8 Å². The van der Waals surface area contributed by atoms with Crippen LogP contribution in [0.25, 0.3) is 17.7 Å². The number of nitrogens with one attached hydrogen (secondary N) is 2. The van der Waals surface area contributed by atoms with E-state index in [1.165, 1.54) is 32.5 Å². The number of carbonyl (C=O) groups is 1. The molecule has 2 aromatic carbocycles. The van der Waals surface area contributed by atoms with Gasteiger partial charge in [0.05, 0.1) is 19.1 Å². The van der Waals surface area contributed by atoms with Crippen LogP contribution >= 0.6 is 0 Å². The standard InChI is InChI=1S/C27H26N6O6S/c1-19(34)28-16-17-38-27-23(39-22-12-7-6-11-21(22)37-2)24(31-26(32-27)25-29-14-8-15-30-25)33-40(35,36)18-13-20-9-4-3-5-10-20/h3-15,18H,16-17H2,1-2H3,(H,28,34)(H,31,32,33)/b18-13+. The number of carbonyl (C=O) groups excluding carboxylic acids is 1. The number of anilines is 1. The number of ether oxygens (including phenoxy) is 3. The lowest BCUT2D eigenvalue weighted by Crippen LogP contribution is -2.25. The van der Waals surface area contributed by atoms with Crippen LogP contribution in [0, 0.1) is 0 Å². The molecular formula is C27H26N6O6S. The number of rotatable bonds is 12. The van der Waals surface area contributed by atoms with Crippen molar-refractivity contribution in [1.29, 1.82) is 0 Å². The molecule has 40 heavy (non-hydrogen) atoms. The number of nitrogens with zero attached hydrogens (tertiary/aromatic N) is 4. The third-order valence-corrected chi connectivity index (χ3v) is 6.05. The monoisotopic (exact) mass is 562 g/mol. The van der Waals surface area contributed by atoms with Crippen molar-refractivity contribution < 1.29 is 27.4 Å². The van der Waals surface area contributed by atoms with E-state index in [4.69, 9.17) is 14.2 Å². The van der Waals surface area contributed by atoms with Crippen molar-refractivity contribution in [3.05, 3.63) is 84.0 Å². The summed E-state index contributed by atoms with van der Waals surface area (Å²) in [5, 5.41) is 3.63. The van der Waals surface area contributed by atoms with E-state index in [0.717, 1.165) is 5.41 Å². The van der Waals surface area contributed by atoms with Gasteiger partial charge < -0.3 is 19.5 Å². The first kappa shape index (κ1) is 28.0. The molecule has 13 heteroatoms. The molecule has 0 atom stereocenters. The number of aromatic nitrogens is 4. The molecule has 0 aliphatic heterocycles. The van der Waals surface area contributed by atoms with Gasteiger partial charge in [-0.2, -0.15) is 4.98 Å². The molecule has 12 nitrogen and oxygen atoms in total. The van der Waals surface area contributed by atoms with Gasteiger partial charge >= 0.3 is 0 Å². The van der Waals surface area contributed by atoms with E-state index >= 15 is 0 Å². The minimum atomic E-state index is -4.10. The highest BCUT2D eigenvalue weighted by Crippen LogP contribution is 2.41. The highest BCUT2D eigenvalue weighted by Gasteiger charge is 2.24. The number of benzene rings is 2. The average molecular weight is 563 g/mol. The number of sulfonamides is 1. The Balaban J connectivity index is 1.80. The summed E-state index contributed by atoms with van der Waals surface area (Å²) in [7, 11) is -2.63. The maximum absolute atomic E-state index is 13.1. The van der Waals surface area contributed by atoms with Crippen LogP contribution in [0.4, 0.5) is 5.82 Å². The summed E-state index contributed by atoms with van der Waals surface area (Å²) in [5.74, 6) is 0.0152. The molecule has 2 aromatic heterocycles. The Morgan fingerprint density at radius 3 is 2.33 bits per heavy atom. The van der Waals surface area contributed by atoms with Gasteiger partial charge in [0.15, 0.2) is 23.1 Å². The topological polar surface area (TPSA) is 155 Å². The van der Waals surface area contributed by atoms with Crippen LogP contribution in [0.3, 0.4) is 0 Å². The smallest absolute Gasteiger partial charge is 0.263 e. The second-order valence-corrected chi connectivity index (χ2v) is 9.61. The minimum absolute atomic E-state index is 0.00589. The summed E-state index contributed by atoms with van der Waals surface area (Å²) >= 11 is 0. The van der Waals surface area contributed by atoms with Crippen molar-refractivity contribution in [3.8, 4) is 34.8 Å². The molecule has 0 bridgehead atoms. The van der Waals surface area contributed by atoms with Gasteiger partial charge in [0.2, 0.25) is 17.5 Å². The summed E-state index contributed by atoms with van der Waals surface area (Å²) < 4.78 is 46.0. The molecular weight excluding hydrogens is 536 g/mol. The molecule has 0 radical (unpaired) electrons. The Morgan fingerprint density at radius 2 is 1.62 bits per heavy atom. The zero-order valence-corrected chi connectivity index (χ0v) is 22.5. The third kappa shape index (κ3) is 7.74. The van der Waals surface area contributed by atoms with Crippen molar-refractivity contribution in [2.45, 2.75) is 6.92 Å². The second-order valence-electron chi connectivity index (χ2n) is 8.05. The molecule has 0 aliphatic carbocycles. The Bertz CT molecular complexity index is 1580. The molecule has 1 amide bonds. The highest BCUT2D eigenvalue weighted by molar-refractivity contribution is 7.95. The van der Waals surface area contributed by atoms with Crippen LogP contribution in [0.2, 0.25) is 0 Å². The molecule has 206 valence electrons. The van der Waals surface area contributed by atoms with Crippen molar-refractivity contribution in [2.24, 2.45) is 0 Å². The van der Waals surface area contributed by atoms with Crippen LogP contribution in [-0.4, -0.2) is 54.5 Å². The minimum Gasteiger partial charge on any atom is -0.493 e. The largest absolute Gasteiger partial charge is 0.493 e. The SMILES string of the molecule is COc1ccccc1Oc1c(NS(=O)(=O)/C=C/c2ccccc2)nc(-c2ncccn2)nc1OCCNC(C)=O. The maximum atomic E-state index is 13.1. The van der Waals surface area contributed by atoms with E-state index in [1.807, 2.05) is 6.07 Å². The van der Waals surface area contributed by atoms with Crippen molar-refractivity contribution >= 4 is 27.8 Å². The zero-order valence-electron chi connectivity index (χ0n) is 21.6. The summed E-state index contributed by atoms with van der Waals surface area (Å²) in [6.07, 6.45) is 4.43. The number of methoxy groups -OCH3 is 1. The van der Waals surface area contributed by atoms with Gasteiger partial charge in [-0.3, -0.25) is 9.52 Å². The summed E-state index contributed by atoms with van der Waals surface area (Å²) in [6.45, 7) is 1.53. The maximum Gasteiger partial charge on any atom is 0.263 e. The lowest BCUT2D eigenvalue weighted by Gasteiger charge is -2.17. The lowest BCUT2D eigenvalue weighted by molar-refractivity contribution is -0.119. The number of hydrogen-bond donors (Lipinski definition) is 2. The van der Waals surface area contributed by atoms with Crippen LogP contribution in [0.15, 0.2) is 78.5 Å². The molecule has 0 saturated heterocycles. The van der Waals surface area contributed by atoms with Gasteiger partial charge in [-0.25, -0.2) is 23.4 Å². The predicted molar refractivity (Wildman–Crippen MR) is 148 cm³/mol. The summed E-state index contributed by atoms with van der Waals surface area (Å²) in [6, 6.07) is 17.3. The van der Waals surface area contributed by atoms with Crippen molar-refractivity contribution in [2.75, 3.05) is 25.0 Å². The van der Waals surface area contributed by atoms with Crippen LogP contribution < -0.4 is 24.2 Å². The Labute approximate surface area is 231 Å². The molecule has 2 N–H and O–H groups in total. The normalized spacial score (nSPS) is 11.2. The van der Waals surface area contributed by atoms with Gasteiger partial charge in [-0.1, -0.05) is 42.5 Å². The molecule has 4 rings (SSSR count). The molecule has 0 saturated carbocycles. The predicted octanol–water partition coefficient (Wildman–Crippen LogP) is 3.66. The Kier molecular flexibility index (Phi) is 9.20. The molecule has 4 aromatic rings. The molecule has 0 spiro atoms. The van der Waals surface area contributed by atoms with Gasteiger partial charge in [0.1, 0.15) is 6.61 Å². The first-order valence-corrected chi connectivity index (χ1v) is 13.5. The van der Waals surface area contributed by atoms with E-state index in [1.54, 1.807) is 54.6 Å². The van der Waals surface area contributed by atoms with E-state index in [0.29, 0.717) is 11.3 Å². The van der Waals surface area contributed by atoms with Gasteiger partial charge in [0, 0.05) is 19.3 Å². The van der Waals surface area contributed by atoms with E-state index in [9.17, 15) is 13.2 Å². The first-order chi connectivity index (χ1) is 19.3.